The molecule has 0 aliphatic carbocycles. The maximum Gasteiger partial charge on any atom is 0.302 e. The van der Waals surface area contributed by atoms with Gasteiger partial charge in [-0.3, -0.25) is 19.3 Å². The summed E-state index contributed by atoms with van der Waals surface area (Å²) < 4.78 is 25.7. The number of imide groups is 1. The van der Waals surface area contributed by atoms with Crippen LogP contribution in [-0.4, -0.2) is 45.6 Å². The molecule has 0 bridgehead atoms. The minimum atomic E-state index is -0.740. The van der Waals surface area contributed by atoms with Gasteiger partial charge in [-0.1, -0.05) is 30.3 Å². The molecule has 0 saturated heterocycles. The van der Waals surface area contributed by atoms with Gasteiger partial charge in [0, 0.05) is 29.8 Å². The van der Waals surface area contributed by atoms with Crippen molar-refractivity contribution in [3.8, 4) is 28.8 Å². The number of nitriles is 1. The lowest BCUT2D eigenvalue weighted by molar-refractivity contribution is -0.147. The molecule has 9 nitrogen and oxygen atoms in total. The van der Waals surface area contributed by atoms with Gasteiger partial charge in [0.05, 0.1) is 17.9 Å². The number of ether oxygens (including phenoxy) is 2. The normalized spacial score (nSPS) is 14.1. The average molecular weight is 591 g/mol. The summed E-state index contributed by atoms with van der Waals surface area (Å²) in [6, 6.07) is 24.7. The SMILES string of the molecule is CC(=O)OCCN1C(=O)C(C#N)=C(C)/C(=C\c2cn(-c3ccccc3)nc2-c2ccc(OCc3ccc(F)cc3)cc2)C1=O. The Morgan fingerprint density at radius 2 is 1.70 bits per heavy atom. The number of para-hydroxylation sites is 1. The second kappa shape index (κ2) is 13.0. The number of esters is 1. The minimum absolute atomic E-state index is 0.150. The van der Waals surface area contributed by atoms with E-state index in [9.17, 15) is 24.0 Å². The molecule has 5 rings (SSSR count). The van der Waals surface area contributed by atoms with Gasteiger partial charge in [-0.2, -0.15) is 10.4 Å². The Labute approximate surface area is 253 Å². The fourth-order valence-electron chi connectivity index (χ4n) is 4.66. The summed E-state index contributed by atoms with van der Waals surface area (Å²) >= 11 is 0. The fourth-order valence-corrected chi connectivity index (χ4v) is 4.66. The smallest absolute Gasteiger partial charge is 0.302 e. The number of hydrogen-bond donors (Lipinski definition) is 0. The number of carbonyl (C=O) groups is 3. The van der Waals surface area contributed by atoms with Gasteiger partial charge in [-0.25, -0.2) is 9.07 Å². The summed E-state index contributed by atoms with van der Waals surface area (Å²) in [5.74, 6) is -1.61. The van der Waals surface area contributed by atoms with Crippen molar-refractivity contribution in [3.63, 3.8) is 0 Å². The van der Waals surface area contributed by atoms with Crippen LogP contribution in [0.3, 0.4) is 0 Å². The van der Waals surface area contributed by atoms with Crippen LogP contribution < -0.4 is 4.74 Å². The maximum absolute atomic E-state index is 13.6. The predicted molar refractivity (Wildman–Crippen MR) is 159 cm³/mol. The molecule has 10 heteroatoms. The highest BCUT2D eigenvalue weighted by Gasteiger charge is 2.35. The number of amides is 2. The van der Waals surface area contributed by atoms with Crippen molar-refractivity contribution in [3.05, 3.63) is 119 Å². The van der Waals surface area contributed by atoms with Gasteiger partial charge in [-0.15, -0.1) is 0 Å². The molecule has 0 N–H and O–H groups in total. The van der Waals surface area contributed by atoms with E-state index in [4.69, 9.17) is 14.6 Å². The van der Waals surface area contributed by atoms with E-state index in [1.165, 1.54) is 19.1 Å². The monoisotopic (exact) mass is 590 g/mol. The first-order valence-electron chi connectivity index (χ1n) is 13.7. The van der Waals surface area contributed by atoms with E-state index in [0.29, 0.717) is 17.0 Å². The number of nitrogens with zero attached hydrogens (tertiary/aromatic N) is 4. The second-order valence-electron chi connectivity index (χ2n) is 9.92. The first-order chi connectivity index (χ1) is 21.2. The quantitative estimate of drug-likeness (QED) is 0.145. The van der Waals surface area contributed by atoms with Crippen molar-refractivity contribution in [1.82, 2.24) is 14.7 Å². The number of hydrogen-bond acceptors (Lipinski definition) is 7. The number of aromatic nitrogens is 2. The van der Waals surface area contributed by atoms with E-state index in [2.05, 4.69) is 0 Å². The van der Waals surface area contributed by atoms with Crippen molar-refractivity contribution in [2.75, 3.05) is 13.2 Å². The summed E-state index contributed by atoms with van der Waals surface area (Å²) in [7, 11) is 0. The summed E-state index contributed by atoms with van der Waals surface area (Å²) in [5.41, 5.74) is 3.69. The molecule has 0 atom stereocenters. The highest BCUT2D eigenvalue weighted by atomic mass is 19.1. The van der Waals surface area contributed by atoms with Crippen LogP contribution in [-0.2, 0) is 25.7 Å². The highest BCUT2D eigenvalue weighted by molar-refractivity contribution is 6.19. The zero-order valence-electron chi connectivity index (χ0n) is 24.0. The van der Waals surface area contributed by atoms with E-state index in [1.807, 2.05) is 48.5 Å². The van der Waals surface area contributed by atoms with Gasteiger partial charge < -0.3 is 9.47 Å². The third-order valence-corrected chi connectivity index (χ3v) is 6.96. The Bertz CT molecular complexity index is 1820. The molecule has 0 spiro atoms. The fraction of sp³-hybridized carbons (Fsp3) is 0.147. The Kier molecular flexibility index (Phi) is 8.77. The Balaban J connectivity index is 1.51. The first kappa shape index (κ1) is 29.7. The molecule has 0 fully saturated rings. The van der Waals surface area contributed by atoms with Gasteiger partial charge >= 0.3 is 5.97 Å². The van der Waals surface area contributed by atoms with Crippen LogP contribution in [0.15, 0.2) is 102 Å². The third kappa shape index (κ3) is 6.47. The van der Waals surface area contributed by atoms with Gasteiger partial charge in [-0.05, 0) is 72.7 Å². The van der Waals surface area contributed by atoms with Gasteiger partial charge in [0.25, 0.3) is 11.8 Å². The molecule has 4 aromatic rings. The number of benzene rings is 3. The number of rotatable bonds is 9. The molecule has 2 amide bonds. The van der Waals surface area contributed by atoms with Crippen molar-refractivity contribution in [2.24, 2.45) is 0 Å². The van der Waals surface area contributed by atoms with E-state index >= 15 is 0 Å². The number of carbonyl (C=O) groups excluding carboxylic acids is 3. The molecule has 0 unspecified atom stereocenters. The standard InChI is InChI=1S/C34H27FN4O5/c1-22-30(33(41)38(16-17-43-23(2)40)34(42)31(22)19-36)18-26-20-39(28-6-4-3-5-7-28)37-32(26)25-10-14-29(15-11-25)44-21-24-8-12-27(35)13-9-24/h3-15,18,20H,16-17,21H2,1-2H3/b30-18+. The van der Waals surface area contributed by atoms with Crippen LogP contribution in [0.1, 0.15) is 25.0 Å². The zero-order chi connectivity index (χ0) is 31.2. The van der Waals surface area contributed by atoms with Crippen LogP contribution in [0.2, 0.25) is 0 Å². The van der Waals surface area contributed by atoms with Crippen LogP contribution >= 0.6 is 0 Å². The predicted octanol–water partition coefficient (Wildman–Crippen LogP) is 5.41. The second-order valence-corrected chi connectivity index (χ2v) is 9.92. The third-order valence-electron chi connectivity index (χ3n) is 6.96. The summed E-state index contributed by atoms with van der Waals surface area (Å²) in [6.45, 7) is 2.67. The average Bonchev–Trinajstić information content (AvgIpc) is 3.45. The molecule has 1 aliphatic heterocycles. The van der Waals surface area contributed by atoms with Crippen LogP contribution in [0.25, 0.3) is 23.0 Å². The Morgan fingerprint density at radius 3 is 2.36 bits per heavy atom. The molecule has 3 aromatic carbocycles. The molecule has 1 aromatic heterocycles. The van der Waals surface area contributed by atoms with Crippen molar-refractivity contribution in [1.29, 1.82) is 5.26 Å². The topological polar surface area (TPSA) is 115 Å². The molecule has 0 saturated carbocycles. The molecule has 0 radical (unpaired) electrons. The van der Waals surface area contributed by atoms with Crippen molar-refractivity contribution in [2.45, 2.75) is 20.5 Å². The van der Waals surface area contributed by atoms with Gasteiger partial charge in [0.15, 0.2) is 0 Å². The first-order valence-corrected chi connectivity index (χ1v) is 13.7. The Hall–Kier alpha value is -5.82. The van der Waals surface area contributed by atoms with Crippen LogP contribution in [0.4, 0.5) is 4.39 Å². The molecule has 44 heavy (non-hydrogen) atoms. The summed E-state index contributed by atoms with van der Waals surface area (Å²) in [5, 5.41) is 14.6. The lowest BCUT2D eigenvalue weighted by Gasteiger charge is -2.27. The largest absolute Gasteiger partial charge is 0.489 e. The van der Waals surface area contributed by atoms with Crippen LogP contribution in [0.5, 0.6) is 5.75 Å². The molecular weight excluding hydrogens is 563 g/mol. The molecule has 2 heterocycles. The minimum Gasteiger partial charge on any atom is -0.489 e. The molecule has 1 aliphatic rings. The maximum atomic E-state index is 13.6. The van der Waals surface area contributed by atoms with Crippen molar-refractivity contribution < 1.29 is 28.2 Å². The van der Waals surface area contributed by atoms with Gasteiger partial charge in [0.1, 0.15) is 36.4 Å². The summed E-state index contributed by atoms with van der Waals surface area (Å²) in [4.78, 5) is 38.6. The van der Waals surface area contributed by atoms with E-state index in [-0.39, 0.29) is 42.3 Å². The molecular formula is C34H27FN4O5. The zero-order valence-corrected chi connectivity index (χ0v) is 24.0. The Morgan fingerprint density at radius 1 is 1.00 bits per heavy atom. The highest BCUT2D eigenvalue weighted by Crippen LogP contribution is 2.32. The number of halogens is 1. The van der Waals surface area contributed by atoms with E-state index in [1.54, 1.807) is 48.1 Å². The summed E-state index contributed by atoms with van der Waals surface area (Å²) in [6.07, 6.45) is 3.38. The lowest BCUT2D eigenvalue weighted by Crippen LogP contribution is -2.44. The lowest BCUT2D eigenvalue weighted by atomic mass is 9.93. The molecule has 220 valence electrons. The van der Waals surface area contributed by atoms with Crippen molar-refractivity contribution >= 4 is 23.9 Å². The van der Waals surface area contributed by atoms with Crippen LogP contribution in [0, 0.1) is 17.1 Å². The van der Waals surface area contributed by atoms with Gasteiger partial charge in [0.2, 0.25) is 0 Å². The van der Waals surface area contributed by atoms with E-state index < -0.39 is 17.8 Å². The van der Waals surface area contributed by atoms with E-state index in [0.717, 1.165) is 21.7 Å².